The molecule has 3 nitrogen and oxygen atoms in total. The highest BCUT2D eigenvalue weighted by molar-refractivity contribution is 6.33. The maximum atomic E-state index is 6.49. The molecular formula is C50H28N2O. The minimum absolute atomic E-state index is 0.909. The Labute approximate surface area is 303 Å². The van der Waals surface area contributed by atoms with Gasteiger partial charge in [0.05, 0.1) is 27.8 Å². The van der Waals surface area contributed by atoms with Crippen LogP contribution in [-0.4, -0.2) is 9.13 Å². The van der Waals surface area contributed by atoms with Crippen LogP contribution in [0.15, 0.2) is 174 Å². The van der Waals surface area contributed by atoms with Gasteiger partial charge in [-0.2, -0.15) is 0 Å². The summed E-state index contributed by atoms with van der Waals surface area (Å²) in [5, 5.41) is 12.3. The van der Waals surface area contributed by atoms with Gasteiger partial charge in [-0.1, -0.05) is 121 Å². The summed E-state index contributed by atoms with van der Waals surface area (Å²) in [6.07, 6.45) is 0. The first-order valence-electron chi connectivity index (χ1n) is 18.3. The molecule has 0 fully saturated rings. The molecule has 13 rings (SSSR count). The van der Waals surface area contributed by atoms with Crippen molar-refractivity contribution in [1.29, 1.82) is 0 Å². The van der Waals surface area contributed by atoms with Gasteiger partial charge >= 0.3 is 0 Å². The second kappa shape index (κ2) is 9.81. The third-order valence-electron chi connectivity index (χ3n) is 11.8. The van der Waals surface area contributed by atoms with Crippen molar-refractivity contribution in [1.82, 2.24) is 9.13 Å². The first kappa shape index (κ1) is 27.6. The molecule has 0 radical (unpaired) electrons. The Morgan fingerprint density at radius 2 is 1.02 bits per heavy atom. The molecule has 0 unspecified atom stereocenters. The zero-order valence-corrected chi connectivity index (χ0v) is 28.5. The average Bonchev–Trinajstić information content (AvgIpc) is 3.95. The molecule has 0 aliphatic heterocycles. The van der Waals surface area contributed by atoms with E-state index in [2.05, 4.69) is 179 Å². The normalized spacial score (nSPS) is 12.5. The molecule has 1 aliphatic carbocycles. The summed E-state index contributed by atoms with van der Waals surface area (Å²) in [6, 6.07) is 62.3. The molecule has 0 bridgehead atoms. The van der Waals surface area contributed by atoms with Crippen LogP contribution in [0.5, 0.6) is 0 Å². The number of aromatic nitrogens is 2. The van der Waals surface area contributed by atoms with Gasteiger partial charge in [0.1, 0.15) is 11.2 Å². The number of rotatable bonds is 2. The Kier molecular flexibility index (Phi) is 5.11. The first-order valence-corrected chi connectivity index (χ1v) is 18.3. The van der Waals surface area contributed by atoms with Gasteiger partial charge in [0.25, 0.3) is 0 Å². The standard InChI is InChI=1S/C50H28N2O/c1-2-14-32-29(11-1)12-10-21-40(32)52-42-25-26-45-49(37-18-6-8-22-44(37)53-45)47(42)38-23-24-43-48(50(38)52)36-17-5-7-20-41(36)51(43)31-27-30-13-9-19-35-33-15-3-4-16-34(33)39(28-31)46(30)35/h1-28H. The molecule has 0 saturated carbocycles. The molecule has 0 spiro atoms. The SMILES string of the molecule is c1ccc2c(c1)-c1cccc3cc(-n4c5ccccc5c5c4ccc4c6c7c(ccc6n(-c6cccc8ccccc68)c45)oc4ccccc47)cc-2c13. The lowest BCUT2D eigenvalue weighted by molar-refractivity contribution is 0.669. The molecule has 0 amide bonds. The number of hydrogen-bond donors (Lipinski definition) is 0. The van der Waals surface area contributed by atoms with Gasteiger partial charge in [-0.25, -0.2) is 0 Å². The molecular weight excluding hydrogens is 645 g/mol. The van der Waals surface area contributed by atoms with Gasteiger partial charge in [-0.3, -0.25) is 0 Å². The molecule has 9 aromatic carbocycles. The molecule has 3 heteroatoms. The minimum atomic E-state index is 0.909. The zero-order chi connectivity index (χ0) is 34.4. The maximum absolute atomic E-state index is 6.49. The Morgan fingerprint density at radius 1 is 0.340 bits per heavy atom. The highest BCUT2D eigenvalue weighted by Gasteiger charge is 2.26. The number of hydrogen-bond acceptors (Lipinski definition) is 1. The van der Waals surface area contributed by atoms with E-state index in [0.29, 0.717) is 0 Å². The Bertz CT molecular complexity index is 3570. The third-order valence-corrected chi connectivity index (χ3v) is 11.8. The van der Waals surface area contributed by atoms with E-state index in [4.69, 9.17) is 4.42 Å². The van der Waals surface area contributed by atoms with Crippen LogP contribution in [-0.2, 0) is 0 Å². The van der Waals surface area contributed by atoms with Crippen molar-refractivity contribution in [3.8, 4) is 33.6 Å². The second-order valence-corrected chi connectivity index (χ2v) is 14.4. The zero-order valence-electron chi connectivity index (χ0n) is 28.5. The molecule has 0 N–H and O–H groups in total. The number of benzene rings is 9. The monoisotopic (exact) mass is 672 g/mol. The van der Waals surface area contributed by atoms with E-state index < -0.39 is 0 Å². The van der Waals surface area contributed by atoms with Crippen molar-refractivity contribution in [2.24, 2.45) is 0 Å². The Hall–Kier alpha value is -7.10. The van der Waals surface area contributed by atoms with E-state index in [9.17, 15) is 0 Å². The third kappa shape index (κ3) is 3.44. The summed E-state index contributed by atoms with van der Waals surface area (Å²) in [7, 11) is 0. The Morgan fingerprint density at radius 3 is 1.94 bits per heavy atom. The molecule has 3 aromatic heterocycles. The summed E-state index contributed by atoms with van der Waals surface area (Å²) >= 11 is 0. The summed E-state index contributed by atoms with van der Waals surface area (Å²) in [5.74, 6) is 0. The molecule has 244 valence electrons. The van der Waals surface area contributed by atoms with Gasteiger partial charge < -0.3 is 13.6 Å². The van der Waals surface area contributed by atoms with Crippen LogP contribution in [0.2, 0.25) is 0 Å². The maximum Gasteiger partial charge on any atom is 0.136 e. The van der Waals surface area contributed by atoms with Gasteiger partial charge in [0.15, 0.2) is 0 Å². The van der Waals surface area contributed by atoms with Crippen LogP contribution in [0.1, 0.15) is 0 Å². The lowest BCUT2D eigenvalue weighted by Crippen LogP contribution is -1.97. The molecule has 1 aliphatic rings. The summed E-state index contributed by atoms with van der Waals surface area (Å²) in [6.45, 7) is 0. The number of furan rings is 1. The summed E-state index contributed by atoms with van der Waals surface area (Å²) in [4.78, 5) is 0. The van der Waals surface area contributed by atoms with Gasteiger partial charge in [-0.15, -0.1) is 0 Å². The first-order chi connectivity index (χ1) is 26.3. The van der Waals surface area contributed by atoms with Crippen LogP contribution >= 0.6 is 0 Å². The average molecular weight is 673 g/mol. The van der Waals surface area contributed by atoms with Crippen LogP contribution < -0.4 is 0 Å². The molecule has 3 heterocycles. The van der Waals surface area contributed by atoms with Gasteiger partial charge in [0.2, 0.25) is 0 Å². The highest BCUT2D eigenvalue weighted by atomic mass is 16.3. The van der Waals surface area contributed by atoms with Gasteiger partial charge in [0, 0.05) is 43.4 Å². The van der Waals surface area contributed by atoms with Crippen LogP contribution in [0.3, 0.4) is 0 Å². The largest absolute Gasteiger partial charge is 0.456 e. The van der Waals surface area contributed by atoms with Crippen molar-refractivity contribution in [2.75, 3.05) is 0 Å². The smallest absolute Gasteiger partial charge is 0.136 e. The van der Waals surface area contributed by atoms with Crippen LogP contribution in [0, 0.1) is 0 Å². The lowest BCUT2D eigenvalue weighted by Gasteiger charge is -2.13. The number of para-hydroxylation sites is 2. The van der Waals surface area contributed by atoms with E-state index in [0.717, 1.165) is 21.9 Å². The van der Waals surface area contributed by atoms with E-state index in [1.54, 1.807) is 0 Å². The number of nitrogens with zero attached hydrogens (tertiary/aromatic N) is 2. The predicted octanol–water partition coefficient (Wildman–Crippen LogP) is 13.7. The second-order valence-electron chi connectivity index (χ2n) is 14.4. The van der Waals surface area contributed by atoms with E-state index >= 15 is 0 Å². The molecule has 0 saturated heterocycles. The van der Waals surface area contributed by atoms with E-state index in [1.165, 1.54) is 98.8 Å². The summed E-state index contributed by atoms with van der Waals surface area (Å²) < 4.78 is 11.5. The van der Waals surface area contributed by atoms with E-state index in [1.807, 2.05) is 0 Å². The van der Waals surface area contributed by atoms with Crippen molar-refractivity contribution in [2.45, 2.75) is 0 Å². The predicted molar refractivity (Wildman–Crippen MR) is 222 cm³/mol. The number of fused-ring (bicyclic) bond motifs is 15. The van der Waals surface area contributed by atoms with Crippen LogP contribution in [0.25, 0.3) is 121 Å². The van der Waals surface area contributed by atoms with Crippen molar-refractivity contribution in [3.05, 3.63) is 170 Å². The molecule has 53 heavy (non-hydrogen) atoms. The van der Waals surface area contributed by atoms with Crippen LogP contribution in [0.4, 0.5) is 0 Å². The highest BCUT2D eigenvalue weighted by Crippen LogP contribution is 2.50. The van der Waals surface area contributed by atoms with Crippen molar-refractivity contribution in [3.63, 3.8) is 0 Å². The van der Waals surface area contributed by atoms with E-state index in [-0.39, 0.29) is 0 Å². The molecule has 0 atom stereocenters. The Balaban J connectivity index is 1.24. The van der Waals surface area contributed by atoms with Gasteiger partial charge in [-0.05, 0) is 86.9 Å². The van der Waals surface area contributed by atoms with Crippen molar-refractivity contribution >= 4 is 87.1 Å². The fourth-order valence-electron chi connectivity index (χ4n) is 9.72. The lowest BCUT2D eigenvalue weighted by atomic mass is 10.0. The quantitative estimate of drug-likeness (QED) is 0.179. The fraction of sp³-hybridized carbons (Fsp3) is 0. The molecule has 12 aromatic rings. The fourth-order valence-corrected chi connectivity index (χ4v) is 9.72. The van der Waals surface area contributed by atoms with Crippen molar-refractivity contribution < 1.29 is 4.42 Å². The minimum Gasteiger partial charge on any atom is -0.456 e. The summed E-state index contributed by atoms with van der Waals surface area (Å²) in [5.41, 5.74) is 14.1. The topological polar surface area (TPSA) is 23.0 Å².